The van der Waals surface area contributed by atoms with Crippen molar-refractivity contribution in [1.82, 2.24) is 9.47 Å². The fourth-order valence-electron chi connectivity index (χ4n) is 6.00. The molecule has 3 aromatic carbocycles. The minimum Gasteiger partial charge on any atom is -0.483 e. The molecular weight excluding hydrogens is 494 g/mol. The molecule has 4 aromatic rings. The van der Waals surface area contributed by atoms with Gasteiger partial charge in [0.25, 0.3) is 0 Å². The van der Waals surface area contributed by atoms with Gasteiger partial charge >= 0.3 is 0 Å². The summed E-state index contributed by atoms with van der Waals surface area (Å²) in [7, 11) is 6.22. The summed E-state index contributed by atoms with van der Waals surface area (Å²) >= 11 is 0. The minimum atomic E-state index is -0.385. The molecule has 1 N–H and O–H groups in total. The second kappa shape index (κ2) is 9.37. The molecule has 1 aromatic heterocycles. The largest absolute Gasteiger partial charge is 0.483 e. The van der Waals surface area contributed by atoms with E-state index in [1.165, 1.54) is 11.1 Å². The maximum Gasteiger partial charge on any atom is 0.199 e. The summed E-state index contributed by atoms with van der Waals surface area (Å²) in [5.41, 5.74) is 5.97. The summed E-state index contributed by atoms with van der Waals surface area (Å²) in [4.78, 5) is 16.6. The van der Waals surface area contributed by atoms with E-state index in [-0.39, 0.29) is 21.9 Å². The highest BCUT2D eigenvalue weighted by molar-refractivity contribution is 6.13. The third-order valence-corrected chi connectivity index (χ3v) is 8.10. The normalized spacial score (nSPS) is 15.2. The molecule has 0 radical (unpaired) electrons. The molecule has 0 spiro atoms. The molecule has 5 rings (SSSR count). The average molecular weight is 540 g/mol. The van der Waals surface area contributed by atoms with Crippen molar-refractivity contribution in [2.24, 2.45) is 7.05 Å². The molecule has 0 saturated heterocycles. The summed E-state index contributed by atoms with van der Waals surface area (Å²) in [5, 5.41) is 7.40. The molecular formula is C35H45N3O2. The number of likely N-dealkylation sites (N-methyl/N-ethyl adjacent to an activating group) is 1. The molecule has 5 heteroatoms. The topological polar surface area (TPSA) is 46.5 Å². The molecule has 0 amide bonds. The van der Waals surface area contributed by atoms with Gasteiger partial charge in [0.1, 0.15) is 11.4 Å². The van der Waals surface area contributed by atoms with Crippen LogP contribution in [0.15, 0.2) is 41.2 Å². The van der Waals surface area contributed by atoms with Crippen molar-refractivity contribution >= 4 is 44.3 Å². The molecule has 0 bridgehead atoms. The van der Waals surface area contributed by atoms with E-state index in [1.807, 2.05) is 26.0 Å². The zero-order valence-electron chi connectivity index (χ0n) is 26.2. The zero-order valence-corrected chi connectivity index (χ0v) is 26.2. The number of rotatable bonds is 4. The lowest BCUT2D eigenvalue weighted by atomic mass is 9.74. The number of anilines is 1. The Morgan fingerprint density at radius 1 is 0.950 bits per heavy atom. The Morgan fingerprint density at radius 3 is 2.23 bits per heavy atom. The highest BCUT2D eigenvalue weighted by atomic mass is 16.5. The van der Waals surface area contributed by atoms with Crippen LogP contribution in [0.2, 0.25) is 0 Å². The summed E-state index contributed by atoms with van der Waals surface area (Å²) in [5.74, 6) is 0.810. The highest BCUT2D eigenvalue weighted by Gasteiger charge is 2.28. The van der Waals surface area contributed by atoms with Gasteiger partial charge in [0.2, 0.25) is 0 Å². The summed E-state index contributed by atoms with van der Waals surface area (Å²) < 4.78 is 8.47. The molecule has 40 heavy (non-hydrogen) atoms. The Morgan fingerprint density at radius 2 is 1.60 bits per heavy atom. The third kappa shape index (κ3) is 4.79. The van der Waals surface area contributed by atoms with E-state index in [0.29, 0.717) is 5.39 Å². The second-order valence-electron chi connectivity index (χ2n) is 14.3. The van der Waals surface area contributed by atoms with Crippen molar-refractivity contribution in [3.8, 4) is 5.75 Å². The maximum atomic E-state index is 14.4. The smallest absolute Gasteiger partial charge is 0.199 e. The molecule has 0 saturated carbocycles. The van der Waals surface area contributed by atoms with Crippen molar-refractivity contribution in [3.05, 3.63) is 63.3 Å². The zero-order chi connectivity index (χ0) is 29.4. The van der Waals surface area contributed by atoms with Crippen molar-refractivity contribution in [2.45, 2.75) is 71.8 Å². The number of nitrogens with zero attached hydrogens (tertiary/aromatic N) is 2. The lowest BCUT2D eigenvalue weighted by Crippen LogP contribution is -2.28. The lowest BCUT2D eigenvalue weighted by Gasteiger charge is -2.31. The molecule has 1 aliphatic heterocycles. The Hall–Kier alpha value is -3.31. The number of ether oxygens (including phenoxy) is 1. The van der Waals surface area contributed by atoms with E-state index < -0.39 is 0 Å². The lowest BCUT2D eigenvalue weighted by molar-refractivity contribution is 0.159. The van der Waals surface area contributed by atoms with Gasteiger partial charge in [-0.25, -0.2) is 0 Å². The predicted octanol–water partition coefficient (Wildman–Crippen LogP) is 7.60. The number of aryl methyl sites for hydroxylation is 1. The van der Waals surface area contributed by atoms with Crippen LogP contribution in [-0.2, 0) is 17.9 Å². The van der Waals surface area contributed by atoms with Crippen molar-refractivity contribution in [2.75, 3.05) is 32.5 Å². The van der Waals surface area contributed by atoms with E-state index in [2.05, 4.69) is 108 Å². The SMILES string of the molecule is CN(C)CCNc1c2cc(C(C)(C)C)c(C(C)(C)C)cc2cc2c1c(=O)c1ccc3c(c1n2C)C=CC(C)(C)O3. The van der Waals surface area contributed by atoms with E-state index in [4.69, 9.17) is 4.74 Å². The first-order chi connectivity index (χ1) is 18.5. The minimum absolute atomic E-state index is 0.0203. The Balaban J connectivity index is 1.94. The van der Waals surface area contributed by atoms with Crippen LogP contribution in [-0.4, -0.2) is 42.3 Å². The maximum absolute atomic E-state index is 14.4. The molecule has 212 valence electrons. The number of fused-ring (bicyclic) bond motifs is 5. The van der Waals surface area contributed by atoms with Gasteiger partial charge in [-0.1, -0.05) is 47.6 Å². The fourth-order valence-corrected chi connectivity index (χ4v) is 6.00. The monoisotopic (exact) mass is 539 g/mol. The number of nitrogens with one attached hydrogen (secondary N) is 1. The highest BCUT2D eigenvalue weighted by Crippen LogP contribution is 2.42. The summed E-state index contributed by atoms with van der Waals surface area (Å²) in [6, 6.07) is 10.8. The average Bonchev–Trinajstić information content (AvgIpc) is 2.83. The van der Waals surface area contributed by atoms with Crippen molar-refractivity contribution in [3.63, 3.8) is 0 Å². The van der Waals surface area contributed by atoms with Crippen LogP contribution in [0.3, 0.4) is 0 Å². The van der Waals surface area contributed by atoms with Crippen LogP contribution in [0, 0.1) is 0 Å². The summed E-state index contributed by atoms with van der Waals surface area (Å²) in [6.45, 7) is 19.4. The first-order valence-electron chi connectivity index (χ1n) is 14.4. The van der Waals surface area contributed by atoms with Crippen molar-refractivity contribution < 1.29 is 4.74 Å². The Bertz CT molecular complexity index is 1740. The predicted molar refractivity (Wildman–Crippen MR) is 172 cm³/mol. The van der Waals surface area contributed by atoms with Crippen LogP contribution in [0.1, 0.15) is 72.1 Å². The molecule has 0 unspecified atom stereocenters. The first kappa shape index (κ1) is 28.2. The van der Waals surface area contributed by atoms with E-state index >= 15 is 0 Å². The molecule has 0 aliphatic carbocycles. The standard InChI is InChI=1S/C35H45N3O2/c1-33(2,3)25-18-21-19-27-29(30(36-16-17-37(9)10)24(21)20-26(25)34(4,5)6)32(39)23-12-13-28-22(31(23)38(27)11)14-15-35(7,8)40-28/h12-15,18-20,36H,16-17H2,1-11H3. The van der Waals surface area contributed by atoms with E-state index in [0.717, 1.165) is 57.3 Å². The van der Waals surface area contributed by atoms with Crippen LogP contribution < -0.4 is 15.5 Å². The fraction of sp³-hybridized carbons (Fsp3) is 0.457. The van der Waals surface area contributed by atoms with Gasteiger partial charge in [-0.2, -0.15) is 0 Å². The number of hydrogen-bond acceptors (Lipinski definition) is 4. The number of aromatic nitrogens is 1. The Labute approximate surface area is 238 Å². The van der Waals surface area contributed by atoms with Gasteiger partial charge in [0.15, 0.2) is 5.43 Å². The molecule has 0 atom stereocenters. The van der Waals surface area contributed by atoms with Crippen molar-refractivity contribution in [1.29, 1.82) is 0 Å². The van der Waals surface area contributed by atoms with E-state index in [9.17, 15) is 4.79 Å². The molecule has 0 fully saturated rings. The van der Waals surface area contributed by atoms with Gasteiger partial charge in [-0.15, -0.1) is 0 Å². The third-order valence-electron chi connectivity index (χ3n) is 8.10. The summed E-state index contributed by atoms with van der Waals surface area (Å²) in [6.07, 6.45) is 4.18. The van der Waals surface area contributed by atoms with Crippen LogP contribution in [0.4, 0.5) is 5.69 Å². The molecule has 1 aliphatic rings. The molecule has 2 heterocycles. The van der Waals surface area contributed by atoms with Gasteiger partial charge in [-0.3, -0.25) is 4.79 Å². The van der Waals surface area contributed by atoms with E-state index in [1.54, 1.807) is 0 Å². The Kier molecular flexibility index (Phi) is 6.61. The second-order valence-corrected chi connectivity index (χ2v) is 14.3. The number of hydrogen-bond donors (Lipinski definition) is 1. The van der Waals surface area contributed by atoms with Gasteiger partial charge in [0, 0.05) is 36.5 Å². The van der Waals surface area contributed by atoms with Gasteiger partial charge < -0.3 is 19.5 Å². The van der Waals surface area contributed by atoms with Crippen LogP contribution in [0.5, 0.6) is 5.75 Å². The quantitative estimate of drug-likeness (QED) is 0.271. The van der Waals surface area contributed by atoms with Crippen LogP contribution >= 0.6 is 0 Å². The number of benzene rings is 3. The van der Waals surface area contributed by atoms with Gasteiger partial charge in [-0.05, 0) is 91.7 Å². The van der Waals surface area contributed by atoms with Gasteiger partial charge in [0.05, 0.1) is 22.1 Å². The molecule has 5 nitrogen and oxygen atoms in total. The van der Waals surface area contributed by atoms with Crippen LogP contribution in [0.25, 0.3) is 38.7 Å². The number of pyridine rings is 1. The first-order valence-corrected chi connectivity index (χ1v) is 14.4.